The number of ether oxygens (including phenoxy) is 1. The number of urea groups is 1. The Balaban J connectivity index is 0.876. The normalized spacial score (nSPS) is 21.8. The Bertz CT molecular complexity index is 1620. The molecule has 0 spiro atoms. The van der Waals surface area contributed by atoms with Crippen molar-refractivity contribution < 1.29 is 9.53 Å². The lowest BCUT2D eigenvalue weighted by Gasteiger charge is -2.36. The molecule has 3 fully saturated rings. The number of aromatic amines is 1. The van der Waals surface area contributed by atoms with Gasteiger partial charge in [0.15, 0.2) is 0 Å². The number of anilines is 2. The van der Waals surface area contributed by atoms with Crippen LogP contribution in [-0.4, -0.2) is 66.3 Å². The summed E-state index contributed by atoms with van der Waals surface area (Å²) in [6, 6.07) is 23.1. The second-order valence-electron chi connectivity index (χ2n) is 14.2. The summed E-state index contributed by atoms with van der Waals surface area (Å²) in [5.74, 6) is 3.22. The van der Waals surface area contributed by atoms with Gasteiger partial charge in [0.05, 0.1) is 11.2 Å². The first-order valence-corrected chi connectivity index (χ1v) is 16.7. The highest BCUT2D eigenvalue weighted by Gasteiger charge is 2.40. The van der Waals surface area contributed by atoms with Gasteiger partial charge in [0.25, 0.3) is 0 Å². The van der Waals surface area contributed by atoms with Crippen LogP contribution in [0.3, 0.4) is 0 Å². The molecule has 1 saturated heterocycles. The summed E-state index contributed by atoms with van der Waals surface area (Å²) in [7, 11) is 0. The predicted molar refractivity (Wildman–Crippen MR) is 182 cm³/mol. The number of aromatic nitrogens is 2. The first kappa shape index (κ1) is 29.7. The minimum absolute atomic E-state index is 0.102. The topological polar surface area (TPSA) is 85.5 Å². The number of nitrogens with zero attached hydrogens (tertiary/aromatic N) is 3. The quantitative estimate of drug-likeness (QED) is 0.200. The van der Waals surface area contributed by atoms with Crippen LogP contribution in [0.5, 0.6) is 5.75 Å². The van der Waals surface area contributed by atoms with Crippen LogP contribution in [0.25, 0.3) is 22.4 Å². The Labute approximate surface area is 266 Å². The van der Waals surface area contributed by atoms with Gasteiger partial charge in [-0.1, -0.05) is 57.5 Å². The van der Waals surface area contributed by atoms with E-state index in [-0.39, 0.29) is 11.4 Å². The van der Waals surface area contributed by atoms with Crippen LogP contribution >= 0.6 is 0 Å². The van der Waals surface area contributed by atoms with E-state index in [0.717, 1.165) is 78.9 Å². The number of carbonyl (C=O) groups excluding carboxylic acids is 1. The van der Waals surface area contributed by atoms with Gasteiger partial charge in [-0.2, -0.15) is 0 Å². The van der Waals surface area contributed by atoms with Gasteiger partial charge >= 0.3 is 6.03 Å². The van der Waals surface area contributed by atoms with Crippen LogP contribution in [0, 0.1) is 11.8 Å². The molecule has 1 aliphatic heterocycles. The molecule has 2 heterocycles. The van der Waals surface area contributed by atoms with Gasteiger partial charge in [0, 0.05) is 50.0 Å². The van der Waals surface area contributed by atoms with Gasteiger partial charge in [0.2, 0.25) is 0 Å². The number of hydrogen-bond donors (Lipinski definition) is 3. The van der Waals surface area contributed by atoms with E-state index in [1.807, 2.05) is 24.3 Å². The third-order valence-corrected chi connectivity index (χ3v) is 10.1. The maximum atomic E-state index is 12.5. The van der Waals surface area contributed by atoms with Gasteiger partial charge in [-0.3, -0.25) is 4.90 Å². The molecule has 8 nitrogen and oxygen atoms in total. The molecule has 1 aromatic heterocycles. The average Bonchev–Trinajstić information content (AvgIpc) is 3.78. The second kappa shape index (κ2) is 12.4. The van der Waals surface area contributed by atoms with Crippen molar-refractivity contribution in [2.24, 2.45) is 11.8 Å². The number of imidazole rings is 1. The highest BCUT2D eigenvalue weighted by atomic mass is 16.5. The van der Waals surface area contributed by atoms with Crippen LogP contribution in [0.4, 0.5) is 16.2 Å². The summed E-state index contributed by atoms with van der Waals surface area (Å²) < 4.78 is 6.05. The van der Waals surface area contributed by atoms with Crippen LogP contribution in [0.15, 0.2) is 66.7 Å². The van der Waals surface area contributed by atoms with Crippen LogP contribution in [0.1, 0.15) is 52.0 Å². The third-order valence-electron chi connectivity index (χ3n) is 10.1. The van der Waals surface area contributed by atoms with E-state index in [4.69, 9.17) is 9.72 Å². The summed E-state index contributed by atoms with van der Waals surface area (Å²) in [4.78, 5) is 26.0. The molecule has 7 rings (SSSR count). The molecule has 4 aromatic rings. The smallest absolute Gasteiger partial charge is 0.319 e. The molecule has 236 valence electrons. The van der Waals surface area contributed by atoms with E-state index < -0.39 is 0 Å². The number of carbonyl (C=O) groups is 1. The Hall–Kier alpha value is -4.04. The predicted octanol–water partition coefficient (Wildman–Crippen LogP) is 7.04. The Kier molecular flexibility index (Phi) is 8.17. The van der Waals surface area contributed by atoms with E-state index in [9.17, 15) is 4.79 Å². The monoisotopic (exact) mass is 606 g/mol. The van der Waals surface area contributed by atoms with Crippen LogP contribution in [0.2, 0.25) is 0 Å². The number of benzene rings is 3. The van der Waals surface area contributed by atoms with Crippen molar-refractivity contribution in [3.8, 4) is 17.1 Å². The number of piperazine rings is 1. The van der Waals surface area contributed by atoms with Gasteiger partial charge < -0.3 is 25.3 Å². The van der Waals surface area contributed by atoms with Gasteiger partial charge in [-0.05, 0) is 78.5 Å². The lowest BCUT2D eigenvalue weighted by atomic mass is 9.87. The minimum Gasteiger partial charge on any atom is -0.492 e. The molecule has 2 aliphatic carbocycles. The number of para-hydroxylation sites is 1. The largest absolute Gasteiger partial charge is 0.492 e. The molecule has 3 aliphatic rings. The summed E-state index contributed by atoms with van der Waals surface area (Å²) >= 11 is 0. The Morgan fingerprint density at radius 2 is 1.73 bits per heavy atom. The third kappa shape index (κ3) is 6.66. The number of rotatable bonds is 8. The van der Waals surface area contributed by atoms with Crippen molar-refractivity contribution in [3.63, 3.8) is 0 Å². The molecule has 0 radical (unpaired) electrons. The molecule has 3 aromatic carbocycles. The molecular weight excluding hydrogens is 560 g/mol. The minimum atomic E-state index is -0.102. The number of fused-ring (bicyclic) bond motifs is 3. The highest BCUT2D eigenvalue weighted by Crippen LogP contribution is 2.44. The molecule has 2 amide bonds. The maximum absolute atomic E-state index is 12.5. The number of hydrogen-bond acceptors (Lipinski definition) is 5. The fraction of sp³-hybridized carbons (Fsp3) is 0.459. The van der Waals surface area contributed by atoms with E-state index in [1.54, 1.807) is 0 Å². The van der Waals surface area contributed by atoms with Crippen molar-refractivity contribution in [1.82, 2.24) is 20.2 Å². The van der Waals surface area contributed by atoms with E-state index >= 15 is 0 Å². The lowest BCUT2D eigenvalue weighted by Crippen LogP contribution is -2.47. The summed E-state index contributed by atoms with van der Waals surface area (Å²) in [5.41, 5.74) is 6.64. The molecule has 2 saturated carbocycles. The SMILES string of the molecule is CC(C)(C)c1ccc(-c2nc3c(N4CCN(CCOc5ccc(NC(=O)N[C@H]6C[C@@H]7CC[C@@H]6C7)cc5)CC4)cccc3[nH]2)cc1. The van der Waals surface area contributed by atoms with Crippen molar-refractivity contribution in [2.75, 3.05) is 49.5 Å². The van der Waals surface area contributed by atoms with Crippen LogP contribution in [-0.2, 0) is 5.41 Å². The van der Waals surface area contributed by atoms with Gasteiger partial charge in [-0.25, -0.2) is 9.78 Å². The molecule has 2 bridgehead atoms. The lowest BCUT2D eigenvalue weighted by molar-refractivity contribution is 0.200. The molecule has 0 unspecified atom stereocenters. The van der Waals surface area contributed by atoms with E-state index in [2.05, 4.69) is 88.7 Å². The number of amides is 2. The second-order valence-corrected chi connectivity index (χ2v) is 14.2. The molecule has 3 atom stereocenters. The average molecular weight is 607 g/mol. The summed E-state index contributed by atoms with van der Waals surface area (Å²) in [5, 5.41) is 6.17. The van der Waals surface area contributed by atoms with E-state index in [1.165, 1.54) is 30.5 Å². The fourth-order valence-corrected chi connectivity index (χ4v) is 7.43. The van der Waals surface area contributed by atoms with Crippen molar-refractivity contribution in [1.29, 1.82) is 0 Å². The Morgan fingerprint density at radius 1 is 0.956 bits per heavy atom. The van der Waals surface area contributed by atoms with Crippen molar-refractivity contribution >= 4 is 28.4 Å². The number of H-pyrrole nitrogens is 1. The first-order valence-electron chi connectivity index (χ1n) is 16.7. The zero-order chi connectivity index (χ0) is 31.0. The maximum Gasteiger partial charge on any atom is 0.319 e. The van der Waals surface area contributed by atoms with Crippen LogP contribution < -0.4 is 20.3 Å². The Morgan fingerprint density at radius 3 is 2.42 bits per heavy atom. The fourth-order valence-electron chi connectivity index (χ4n) is 7.43. The van der Waals surface area contributed by atoms with Crippen molar-refractivity contribution in [3.05, 3.63) is 72.3 Å². The first-order chi connectivity index (χ1) is 21.8. The molecular formula is C37H46N6O2. The summed E-state index contributed by atoms with van der Waals surface area (Å²) in [6.07, 6.45) is 5.01. The van der Waals surface area contributed by atoms with Gasteiger partial charge in [0.1, 0.15) is 23.7 Å². The highest BCUT2D eigenvalue weighted by molar-refractivity contribution is 5.91. The van der Waals surface area contributed by atoms with E-state index in [0.29, 0.717) is 18.6 Å². The standard InChI is InChI=1S/C37H46N6O2/c1-37(2,3)28-11-9-26(10-12-28)35-39-31-5-4-6-33(34(31)41-35)43-19-17-42(18-20-43)21-22-45-30-15-13-29(14-16-30)38-36(44)40-32-24-25-7-8-27(32)23-25/h4-6,9-16,25,27,32H,7-8,17-24H2,1-3H3,(H,39,41)(H2,38,40,44)/t25-,27-,32+/m1/s1. The zero-order valence-electron chi connectivity index (χ0n) is 26.8. The molecule has 8 heteroatoms. The summed E-state index contributed by atoms with van der Waals surface area (Å²) in [6.45, 7) is 12.1. The van der Waals surface area contributed by atoms with Gasteiger partial charge in [-0.15, -0.1) is 0 Å². The number of nitrogens with one attached hydrogen (secondary N) is 3. The molecule has 45 heavy (non-hydrogen) atoms. The zero-order valence-corrected chi connectivity index (χ0v) is 26.8. The molecule has 3 N–H and O–H groups in total. The van der Waals surface area contributed by atoms with Crippen molar-refractivity contribution in [2.45, 2.75) is 57.9 Å².